The third kappa shape index (κ3) is 2.56. The Kier molecular flexibility index (Phi) is 3.89. The van der Waals surface area contributed by atoms with Crippen LogP contribution in [0.2, 0.25) is 0 Å². The zero-order valence-electron chi connectivity index (χ0n) is 12.0. The van der Waals surface area contributed by atoms with Gasteiger partial charge in [-0.15, -0.1) is 0 Å². The number of nitrogens with zero attached hydrogens (tertiary/aromatic N) is 3. The average Bonchev–Trinajstić information content (AvgIpc) is 3.10. The highest BCUT2D eigenvalue weighted by atomic mass is 15.3. The average molecular weight is 262 g/mol. The van der Waals surface area contributed by atoms with E-state index in [1.807, 2.05) is 17.9 Å². The van der Waals surface area contributed by atoms with Crippen LogP contribution in [0, 0.1) is 5.92 Å². The molecule has 1 aromatic rings. The molecule has 0 spiro atoms. The third-order valence-electron chi connectivity index (χ3n) is 5.02. The van der Waals surface area contributed by atoms with Crippen molar-refractivity contribution < 1.29 is 0 Å². The van der Waals surface area contributed by atoms with Crippen molar-refractivity contribution >= 4 is 0 Å². The molecule has 1 aliphatic heterocycles. The Labute approximate surface area is 116 Å². The highest BCUT2D eigenvalue weighted by Crippen LogP contribution is 2.39. The van der Waals surface area contributed by atoms with Crippen LogP contribution in [0.25, 0.3) is 0 Å². The van der Waals surface area contributed by atoms with E-state index in [2.05, 4.69) is 16.2 Å². The van der Waals surface area contributed by atoms with Gasteiger partial charge in [0.05, 0.1) is 12.2 Å². The number of hydrogen-bond acceptors (Lipinski definition) is 3. The van der Waals surface area contributed by atoms with Gasteiger partial charge in [0.25, 0.3) is 0 Å². The first-order valence-corrected chi connectivity index (χ1v) is 7.74. The Morgan fingerprint density at radius 3 is 2.74 bits per heavy atom. The highest BCUT2D eigenvalue weighted by Gasteiger charge is 2.37. The summed E-state index contributed by atoms with van der Waals surface area (Å²) in [5, 5.41) is 4.31. The standard InChI is InChI=1S/C15H26N4/c1-18-11-13(10-17-18)15(9-16)19-8-4-7-14(19)12-5-2-3-6-12/h10-12,14-15H,2-9,16H2,1H3. The fraction of sp³-hybridized carbons (Fsp3) is 0.800. The van der Waals surface area contributed by atoms with E-state index in [9.17, 15) is 0 Å². The molecule has 106 valence electrons. The summed E-state index contributed by atoms with van der Waals surface area (Å²) in [6.07, 6.45) is 12.5. The molecule has 2 atom stereocenters. The molecule has 1 saturated heterocycles. The number of aromatic nitrogens is 2. The van der Waals surface area contributed by atoms with E-state index in [-0.39, 0.29) is 0 Å². The molecule has 0 bridgehead atoms. The molecule has 1 saturated carbocycles. The number of aryl methyl sites for hydroxylation is 1. The summed E-state index contributed by atoms with van der Waals surface area (Å²) in [6, 6.07) is 1.12. The Balaban J connectivity index is 1.77. The molecule has 2 heterocycles. The Morgan fingerprint density at radius 2 is 2.11 bits per heavy atom. The van der Waals surface area contributed by atoms with Crippen LogP contribution in [0.15, 0.2) is 12.4 Å². The number of rotatable bonds is 4. The van der Waals surface area contributed by atoms with Crippen LogP contribution in [0.4, 0.5) is 0 Å². The van der Waals surface area contributed by atoms with E-state index in [0.717, 1.165) is 12.0 Å². The van der Waals surface area contributed by atoms with E-state index in [0.29, 0.717) is 12.6 Å². The smallest absolute Gasteiger partial charge is 0.0538 e. The van der Waals surface area contributed by atoms with Crippen molar-refractivity contribution in [2.45, 2.75) is 50.6 Å². The van der Waals surface area contributed by atoms with E-state index < -0.39 is 0 Å². The first-order chi connectivity index (χ1) is 9.29. The zero-order chi connectivity index (χ0) is 13.2. The molecule has 3 rings (SSSR count). The normalized spacial score (nSPS) is 27.2. The SMILES string of the molecule is Cn1cc(C(CN)N2CCCC2C2CCCC2)cn1. The summed E-state index contributed by atoms with van der Waals surface area (Å²) in [5.41, 5.74) is 7.36. The van der Waals surface area contributed by atoms with Gasteiger partial charge in [-0.05, 0) is 38.1 Å². The van der Waals surface area contributed by atoms with E-state index in [1.165, 1.54) is 50.6 Å². The van der Waals surface area contributed by atoms with Crippen LogP contribution in [0.1, 0.15) is 50.1 Å². The molecule has 1 aromatic heterocycles. The molecule has 4 nitrogen and oxygen atoms in total. The van der Waals surface area contributed by atoms with Crippen LogP contribution in [0.5, 0.6) is 0 Å². The van der Waals surface area contributed by atoms with Crippen LogP contribution in [0.3, 0.4) is 0 Å². The number of likely N-dealkylation sites (tertiary alicyclic amines) is 1. The summed E-state index contributed by atoms with van der Waals surface area (Å²) >= 11 is 0. The second kappa shape index (κ2) is 5.63. The van der Waals surface area contributed by atoms with Gasteiger partial charge in [-0.25, -0.2) is 0 Å². The molecule has 4 heteroatoms. The lowest BCUT2D eigenvalue weighted by Crippen LogP contribution is -2.40. The molecule has 0 aromatic carbocycles. The van der Waals surface area contributed by atoms with Crippen molar-refractivity contribution in [3.05, 3.63) is 18.0 Å². The minimum atomic E-state index is 0.363. The quantitative estimate of drug-likeness (QED) is 0.903. The summed E-state index contributed by atoms with van der Waals surface area (Å²) in [5.74, 6) is 0.910. The van der Waals surface area contributed by atoms with Crippen molar-refractivity contribution in [2.75, 3.05) is 13.1 Å². The van der Waals surface area contributed by atoms with Crippen molar-refractivity contribution in [3.63, 3.8) is 0 Å². The van der Waals surface area contributed by atoms with E-state index >= 15 is 0 Å². The second-order valence-electron chi connectivity index (χ2n) is 6.19. The molecule has 2 N–H and O–H groups in total. The van der Waals surface area contributed by atoms with Crippen LogP contribution < -0.4 is 5.73 Å². The van der Waals surface area contributed by atoms with E-state index in [4.69, 9.17) is 5.73 Å². The summed E-state index contributed by atoms with van der Waals surface area (Å²) < 4.78 is 1.89. The van der Waals surface area contributed by atoms with Gasteiger partial charge in [0.2, 0.25) is 0 Å². The minimum Gasteiger partial charge on any atom is -0.329 e. The maximum atomic E-state index is 6.08. The highest BCUT2D eigenvalue weighted by molar-refractivity contribution is 5.12. The molecule has 2 fully saturated rings. The number of hydrogen-bond donors (Lipinski definition) is 1. The van der Waals surface area contributed by atoms with Gasteiger partial charge in [-0.1, -0.05) is 12.8 Å². The van der Waals surface area contributed by atoms with E-state index in [1.54, 1.807) is 0 Å². The van der Waals surface area contributed by atoms with Crippen molar-refractivity contribution in [1.82, 2.24) is 14.7 Å². The predicted octanol–water partition coefficient (Wildman–Crippen LogP) is 2.07. The van der Waals surface area contributed by atoms with Crippen molar-refractivity contribution in [1.29, 1.82) is 0 Å². The fourth-order valence-electron chi connectivity index (χ4n) is 4.13. The first-order valence-electron chi connectivity index (χ1n) is 7.74. The molecule has 0 radical (unpaired) electrons. The summed E-state index contributed by atoms with van der Waals surface area (Å²) in [6.45, 7) is 1.91. The predicted molar refractivity (Wildman–Crippen MR) is 76.7 cm³/mol. The first kappa shape index (κ1) is 13.1. The molecule has 2 unspecified atom stereocenters. The number of nitrogens with two attached hydrogens (primary N) is 1. The van der Waals surface area contributed by atoms with Crippen molar-refractivity contribution in [3.8, 4) is 0 Å². The monoisotopic (exact) mass is 262 g/mol. The second-order valence-corrected chi connectivity index (χ2v) is 6.19. The van der Waals surface area contributed by atoms with Gasteiger partial charge in [0, 0.05) is 31.4 Å². The molecular formula is C15H26N4. The topological polar surface area (TPSA) is 47.1 Å². The van der Waals surface area contributed by atoms with Gasteiger partial charge < -0.3 is 5.73 Å². The van der Waals surface area contributed by atoms with Crippen molar-refractivity contribution in [2.24, 2.45) is 18.7 Å². The third-order valence-corrected chi connectivity index (χ3v) is 5.02. The van der Waals surface area contributed by atoms with Crippen LogP contribution >= 0.6 is 0 Å². The molecule has 0 amide bonds. The fourth-order valence-corrected chi connectivity index (χ4v) is 4.13. The Hall–Kier alpha value is -0.870. The lowest BCUT2D eigenvalue weighted by atomic mass is 9.94. The van der Waals surface area contributed by atoms with Crippen LogP contribution in [-0.4, -0.2) is 33.8 Å². The molecule has 1 aliphatic carbocycles. The van der Waals surface area contributed by atoms with Gasteiger partial charge in [0.1, 0.15) is 0 Å². The Bertz CT molecular complexity index is 408. The zero-order valence-corrected chi connectivity index (χ0v) is 12.0. The van der Waals surface area contributed by atoms with Gasteiger partial charge in [-0.2, -0.15) is 5.10 Å². The summed E-state index contributed by atoms with van der Waals surface area (Å²) in [7, 11) is 1.98. The Morgan fingerprint density at radius 1 is 1.32 bits per heavy atom. The largest absolute Gasteiger partial charge is 0.329 e. The molecule has 2 aliphatic rings. The maximum Gasteiger partial charge on any atom is 0.0538 e. The maximum absolute atomic E-state index is 6.08. The van der Waals surface area contributed by atoms with Gasteiger partial charge in [-0.3, -0.25) is 9.58 Å². The lowest BCUT2D eigenvalue weighted by Gasteiger charge is -2.35. The minimum absolute atomic E-state index is 0.363. The summed E-state index contributed by atoms with van der Waals surface area (Å²) in [4.78, 5) is 2.67. The molecule has 19 heavy (non-hydrogen) atoms. The lowest BCUT2D eigenvalue weighted by molar-refractivity contribution is 0.138. The van der Waals surface area contributed by atoms with Gasteiger partial charge in [0.15, 0.2) is 0 Å². The van der Waals surface area contributed by atoms with Gasteiger partial charge >= 0.3 is 0 Å². The van der Waals surface area contributed by atoms with Crippen LogP contribution in [-0.2, 0) is 7.05 Å². The molecular weight excluding hydrogens is 236 g/mol.